The van der Waals surface area contributed by atoms with Crippen LogP contribution < -0.4 is 0 Å². The highest BCUT2D eigenvalue weighted by Gasteiger charge is 2.24. The van der Waals surface area contributed by atoms with E-state index in [1.165, 1.54) is 76.8 Å². The van der Waals surface area contributed by atoms with E-state index in [0.29, 0.717) is 0 Å². The Labute approximate surface area is 283 Å². The Balaban J connectivity index is 1.27. The van der Waals surface area contributed by atoms with Gasteiger partial charge in [0.2, 0.25) is 0 Å². The highest BCUT2D eigenvalue weighted by Crippen LogP contribution is 2.51. The molecule has 1 aromatic heterocycles. The van der Waals surface area contributed by atoms with Gasteiger partial charge in [-0.1, -0.05) is 146 Å². The third-order valence-corrected chi connectivity index (χ3v) is 10.6. The van der Waals surface area contributed by atoms with E-state index in [1.807, 2.05) is 6.07 Å². The van der Waals surface area contributed by atoms with Gasteiger partial charge in [-0.3, -0.25) is 0 Å². The summed E-state index contributed by atoms with van der Waals surface area (Å²) in [6, 6.07) is 62.3. The van der Waals surface area contributed by atoms with Gasteiger partial charge in [0, 0.05) is 16.3 Å². The molecule has 0 bridgehead atoms. The summed E-state index contributed by atoms with van der Waals surface area (Å²) in [6.07, 6.45) is 0. The average molecular weight is 621 g/mol. The minimum absolute atomic E-state index is 0.915. The zero-order chi connectivity index (χ0) is 32.1. The van der Waals surface area contributed by atoms with Crippen molar-refractivity contribution in [1.82, 2.24) is 0 Å². The van der Waals surface area contributed by atoms with Crippen molar-refractivity contribution in [2.45, 2.75) is 0 Å². The van der Waals surface area contributed by atoms with Crippen molar-refractivity contribution in [3.05, 3.63) is 170 Å². The van der Waals surface area contributed by atoms with E-state index < -0.39 is 0 Å². The Kier molecular flexibility index (Phi) is 5.45. The maximum absolute atomic E-state index is 6.52. The summed E-state index contributed by atoms with van der Waals surface area (Å²) in [7, 11) is 0. The summed E-state index contributed by atoms with van der Waals surface area (Å²) >= 11 is 0. The molecule has 0 aliphatic heterocycles. The van der Waals surface area contributed by atoms with Crippen LogP contribution in [0.3, 0.4) is 0 Å². The van der Waals surface area contributed by atoms with Crippen LogP contribution in [-0.2, 0) is 0 Å². The summed E-state index contributed by atoms with van der Waals surface area (Å²) in [5.74, 6) is 0. The van der Waals surface area contributed by atoms with Gasteiger partial charge < -0.3 is 4.42 Å². The van der Waals surface area contributed by atoms with Gasteiger partial charge in [0.1, 0.15) is 11.2 Å². The van der Waals surface area contributed by atoms with Crippen LogP contribution in [0.5, 0.6) is 0 Å². The predicted molar refractivity (Wildman–Crippen MR) is 207 cm³/mol. The van der Waals surface area contributed by atoms with Gasteiger partial charge in [0.15, 0.2) is 0 Å². The summed E-state index contributed by atoms with van der Waals surface area (Å²) in [4.78, 5) is 0. The first kappa shape index (κ1) is 26.6. The molecule has 0 unspecified atom stereocenters. The second-order valence-corrected chi connectivity index (χ2v) is 13.2. The first-order valence-electron chi connectivity index (χ1n) is 16.9. The van der Waals surface area contributed by atoms with Gasteiger partial charge in [-0.25, -0.2) is 0 Å². The standard InChI is InChI=1S/C48H28O/c1-5-16-35-31(12-1)32-13-2-8-19-38(32)45-27-43-36-17-6-3-14-33(36)34-15-4-7-18-37(34)44(43)28-46(45)39-25-24-29(26-42(35)39)30-21-11-22-41-40-20-9-10-23-47(40)49-48(30)41/h1-28H. The molecule has 11 rings (SSSR count). The van der Waals surface area contributed by atoms with Crippen molar-refractivity contribution < 1.29 is 4.42 Å². The van der Waals surface area contributed by atoms with Crippen LogP contribution in [0.15, 0.2) is 174 Å². The van der Waals surface area contributed by atoms with Crippen LogP contribution in [0.1, 0.15) is 0 Å². The Morgan fingerprint density at radius 1 is 0.245 bits per heavy atom. The summed E-state index contributed by atoms with van der Waals surface area (Å²) in [5.41, 5.74) is 14.0. The Hall–Kier alpha value is -6.44. The second kappa shape index (κ2) is 10.0. The normalized spacial score (nSPS) is 12.1. The Bertz CT molecular complexity index is 2990. The van der Waals surface area contributed by atoms with Crippen molar-refractivity contribution in [2.24, 2.45) is 0 Å². The highest BCUT2D eigenvalue weighted by atomic mass is 16.3. The monoisotopic (exact) mass is 620 g/mol. The minimum atomic E-state index is 0.915. The lowest BCUT2D eigenvalue weighted by molar-refractivity contribution is 0.670. The largest absolute Gasteiger partial charge is 0.455 e. The van der Waals surface area contributed by atoms with E-state index in [0.717, 1.165) is 33.1 Å². The maximum atomic E-state index is 6.52. The lowest BCUT2D eigenvalue weighted by Gasteiger charge is -2.25. The van der Waals surface area contributed by atoms with E-state index in [2.05, 4.69) is 164 Å². The topological polar surface area (TPSA) is 13.1 Å². The van der Waals surface area contributed by atoms with Crippen molar-refractivity contribution in [3.63, 3.8) is 0 Å². The molecule has 10 aromatic rings. The first-order chi connectivity index (χ1) is 24.3. The molecule has 0 fully saturated rings. The van der Waals surface area contributed by atoms with Crippen molar-refractivity contribution >= 4 is 54.3 Å². The van der Waals surface area contributed by atoms with Crippen LogP contribution in [0.4, 0.5) is 0 Å². The summed E-state index contributed by atoms with van der Waals surface area (Å²) in [5, 5.41) is 10.0. The van der Waals surface area contributed by atoms with E-state index in [-0.39, 0.29) is 0 Å². The van der Waals surface area contributed by atoms with Gasteiger partial charge in [0.25, 0.3) is 0 Å². The van der Waals surface area contributed by atoms with Crippen LogP contribution in [0.2, 0.25) is 0 Å². The lowest BCUT2D eigenvalue weighted by Crippen LogP contribution is -1.98. The van der Waals surface area contributed by atoms with Crippen molar-refractivity contribution in [3.8, 4) is 55.6 Å². The number of hydrogen-bond acceptors (Lipinski definition) is 1. The smallest absolute Gasteiger partial charge is 0.143 e. The number of para-hydroxylation sites is 2. The maximum Gasteiger partial charge on any atom is 0.143 e. The zero-order valence-corrected chi connectivity index (χ0v) is 26.6. The van der Waals surface area contributed by atoms with E-state index in [9.17, 15) is 0 Å². The van der Waals surface area contributed by atoms with Crippen LogP contribution in [0, 0.1) is 0 Å². The molecule has 1 heteroatoms. The molecule has 0 spiro atoms. The number of fused-ring (bicyclic) bond motifs is 17. The average Bonchev–Trinajstić information content (AvgIpc) is 3.56. The van der Waals surface area contributed by atoms with Crippen LogP contribution >= 0.6 is 0 Å². The minimum Gasteiger partial charge on any atom is -0.455 e. The van der Waals surface area contributed by atoms with E-state index in [4.69, 9.17) is 4.42 Å². The third-order valence-electron chi connectivity index (χ3n) is 10.6. The molecule has 0 radical (unpaired) electrons. The molecule has 0 saturated heterocycles. The molecule has 0 atom stereocenters. The molecule has 1 heterocycles. The molecule has 1 nitrogen and oxygen atoms in total. The third kappa shape index (κ3) is 3.76. The summed E-state index contributed by atoms with van der Waals surface area (Å²) < 4.78 is 6.52. The Morgan fingerprint density at radius 3 is 1.24 bits per heavy atom. The van der Waals surface area contributed by atoms with Gasteiger partial charge in [-0.05, 0) is 107 Å². The highest BCUT2D eigenvalue weighted by molar-refractivity contribution is 6.27. The molecule has 0 saturated carbocycles. The Morgan fingerprint density at radius 2 is 0.653 bits per heavy atom. The first-order valence-corrected chi connectivity index (χ1v) is 16.9. The predicted octanol–water partition coefficient (Wildman–Crippen LogP) is 13.7. The van der Waals surface area contributed by atoms with Crippen molar-refractivity contribution in [2.75, 3.05) is 0 Å². The van der Waals surface area contributed by atoms with Gasteiger partial charge in [-0.2, -0.15) is 0 Å². The zero-order valence-electron chi connectivity index (χ0n) is 26.6. The molecule has 9 aromatic carbocycles. The quantitative estimate of drug-likeness (QED) is 0.166. The number of rotatable bonds is 1. The number of furan rings is 1. The number of hydrogen-bond donors (Lipinski definition) is 0. The van der Waals surface area contributed by atoms with Gasteiger partial charge >= 0.3 is 0 Å². The lowest BCUT2D eigenvalue weighted by atomic mass is 9.78. The fourth-order valence-electron chi connectivity index (χ4n) is 8.45. The van der Waals surface area contributed by atoms with Crippen LogP contribution in [0.25, 0.3) is 110 Å². The molecule has 1 aliphatic rings. The molecule has 1 aliphatic carbocycles. The van der Waals surface area contributed by atoms with Crippen molar-refractivity contribution in [1.29, 1.82) is 0 Å². The molecular weight excluding hydrogens is 593 g/mol. The molecule has 49 heavy (non-hydrogen) atoms. The SMILES string of the molecule is c1ccc2c(c1)-c1ccccc1-c1cc3c4ccccc4c4ccccc4c3cc1-c1ccc(-c3cccc4c3oc3ccccc34)cc1-2. The van der Waals surface area contributed by atoms with E-state index in [1.54, 1.807) is 0 Å². The van der Waals surface area contributed by atoms with Gasteiger partial charge in [0.05, 0.1) is 0 Å². The van der Waals surface area contributed by atoms with Crippen LogP contribution in [-0.4, -0.2) is 0 Å². The van der Waals surface area contributed by atoms with E-state index >= 15 is 0 Å². The fraction of sp³-hybridized carbons (Fsp3) is 0. The molecular formula is C48H28O. The molecule has 226 valence electrons. The summed E-state index contributed by atoms with van der Waals surface area (Å²) in [6.45, 7) is 0. The van der Waals surface area contributed by atoms with Gasteiger partial charge in [-0.15, -0.1) is 0 Å². The molecule has 0 amide bonds. The molecule has 0 N–H and O–H groups in total. The number of benzene rings is 9. The fourth-order valence-corrected chi connectivity index (χ4v) is 8.45. The second-order valence-electron chi connectivity index (χ2n) is 13.2.